The molecule has 0 fully saturated rings. The molecule has 0 spiro atoms. The van der Waals surface area contributed by atoms with Crippen LogP contribution >= 0.6 is 0 Å². The molecule has 10 heavy (non-hydrogen) atoms. The highest BCUT2D eigenvalue weighted by Gasteiger charge is 2.37. The topological polar surface area (TPSA) is 38.9 Å². The third kappa shape index (κ3) is 1.26. The third-order valence-corrected chi connectivity index (χ3v) is 0.769. The summed E-state index contributed by atoms with van der Waals surface area (Å²) in [6.45, 7) is 1.29. The van der Waals surface area contributed by atoms with Crippen LogP contribution in [0.1, 0.15) is 11.8 Å². The second kappa shape index (κ2) is 1.96. The minimum absolute atomic E-state index is 0.0904. The zero-order chi connectivity index (χ0) is 7.78. The van der Waals surface area contributed by atoms with Crippen molar-refractivity contribution in [2.75, 3.05) is 0 Å². The summed E-state index contributed by atoms with van der Waals surface area (Å²) >= 11 is 0. The lowest BCUT2D eigenvalue weighted by molar-refractivity contribution is -0.157. The van der Waals surface area contributed by atoms with Crippen molar-refractivity contribution in [3.63, 3.8) is 0 Å². The van der Waals surface area contributed by atoms with Gasteiger partial charge in [0, 0.05) is 6.92 Å². The second-order valence-corrected chi connectivity index (χ2v) is 1.62. The van der Waals surface area contributed by atoms with Gasteiger partial charge >= 0.3 is 12.1 Å². The van der Waals surface area contributed by atoms with Crippen molar-refractivity contribution in [2.24, 2.45) is 0 Å². The number of nitrogens with zero attached hydrogens (tertiary/aromatic N) is 2. The van der Waals surface area contributed by atoms with E-state index in [2.05, 4.69) is 14.6 Å². The van der Waals surface area contributed by atoms with Gasteiger partial charge in [-0.15, -0.1) is 10.2 Å². The molecule has 1 aromatic rings. The average Bonchev–Trinajstić information content (AvgIpc) is 2.11. The first-order valence-electron chi connectivity index (χ1n) is 2.37. The number of aryl methyl sites for hydroxylation is 1. The maximum atomic E-state index is 11.6. The van der Waals surface area contributed by atoms with Gasteiger partial charge in [-0.2, -0.15) is 13.2 Å². The predicted octanol–water partition coefficient (Wildman–Crippen LogP) is 1.40. The minimum Gasteiger partial charge on any atom is -0.418 e. The lowest BCUT2D eigenvalue weighted by atomic mass is 10.7. The van der Waals surface area contributed by atoms with Crippen LogP contribution in [-0.4, -0.2) is 10.2 Å². The van der Waals surface area contributed by atoms with Crippen molar-refractivity contribution in [1.29, 1.82) is 0 Å². The number of hydrogen-bond donors (Lipinski definition) is 0. The molecule has 6 heteroatoms. The molecule has 0 bridgehead atoms. The SMILES string of the molecule is Cc1nnc(C(F)(F)F)o1. The predicted molar refractivity (Wildman–Crippen MR) is 24.0 cm³/mol. The van der Waals surface area contributed by atoms with E-state index < -0.39 is 12.1 Å². The fourth-order valence-corrected chi connectivity index (χ4v) is 0.411. The Hall–Kier alpha value is -1.07. The molecule has 0 aromatic carbocycles. The van der Waals surface area contributed by atoms with Gasteiger partial charge in [0.15, 0.2) is 0 Å². The first-order chi connectivity index (χ1) is 4.50. The number of aromatic nitrogens is 2. The highest BCUT2D eigenvalue weighted by molar-refractivity contribution is 4.83. The van der Waals surface area contributed by atoms with Gasteiger partial charge in [-0.3, -0.25) is 0 Å². The van der Waals surface area contributed by atoms with Crippen molar-refractivity contribution in [1.82, 2.24) is 10.2 Å². The Labute approximate surface area is 53.9 Å². The molecule has 1 heterocycles. The monoisotopic (exact) mass is 152 g/mol. The summed E-state index contributed by atoms with van der Waals surface area (Å²) in [4.78, 5) is 0. The van der Waals surface area contributed by atoms with Crippen LogP contribution < -0.4 is 0 Å². The molecule has 0 saturated carbocycles. The average molecular weight is 152 g/mol. The van der Waals surface area contributed by atoms with Crippen molar-refractivity contribution in [3.05, 3.63) is 11.8 Å². The number of hydrogen-bond acceptors (Lipinski definition) is 3. The van der Waals surface area contributed by atoms with E-state index in [9.17, 15) is 13.2 Å². The molecular formula is C4H3F3N2O. The number of rotatable bonds is 0. The first kappa shape index (κ1) is 7.04. The Kier molecular flexibility index (Phi) is 1.38. The van der Waals surface area contributed by atoms with E-state index in [1.54, 1.807) is 0 Å². The van der Waals surface area contributed by atoms with Gasteiger partial charge in [-0.05, 0) is 0 Å². The molecule has 3 nitrogen and oxygen atoms in total. The van der Waals surface area contributed by atoms with E-state index in [0.29, 0.717) is 0 Å². The lowest BCUT2D eigenvalue weighted by Crippen LogP contribution is -2.04. The van der Waals surface area contributed by atoms with Crippen LogP contribution in [-0.2, 0) is 6.18 Å². The van der Waals surface area contributed by atoms with E-state index in [1.807, 2.05) is 0 Å². The van der Waals surface area contributed by atoms with Crippen molar-refractivity contribution >= 4 is 0 Å². The summed E-state index contributed by atoms with van der Waals surface area (Å²) in [6.07, 6.45) is -4.53. The van der Waals surface area contributed by atoms with Gasteiger partial charge in [-0.25, -0.2) is 0 Å². The van der Waals surface area contributed by atoms with Crippen LogP contribution in [0.25, 0.3) is 0 Å². The van der Waals surface area contributed by atoms with Gasteiger partial charge < -0.3 is 4.42 Å². The highest BCUT2D eigenvalue weighted by atomic mass is 19.4. The van der Waals surface area contributed by atoms with Crippen molar-refractivity contribution in [3.8, 4) is 0 Å². The van der Waals surface area contributed by atoms with Crippen LogP contribution in [0, 0.1) is 6.92 Å². The zero-order valence-electron chi connectivity index (χ0n) is 4.94. The fraction of sp³-hybridized carbons (Fsp3) is 0.500. The summed E-state index contributed by atoms with van der Waals surface area (Å²) in [5.41, 5.74) is 0. The quantitative estimate of drug-likeness (QED) is 0.563. The smallest absolute Gasteiger partial charge is 0.418 e. The van der Waals surface area contributed by atoms with Crippen LogP contribution in [0.3, 0.4) is 0 Å². The Morgan fingerprint density at radius 3 is 2.10 bits per heavy atom. The van der Waals surface area contributed by atoms with Gasteiger partial charge in [-0.1, -0.05) is 0 Å². The summed E-state index contributed by atoms with van der Waals surface area (Å²) in [7, 11) is 0. The van der Waals surface area contributed by atoms with Crippen molar-refractivity contribution < 1.29 is 17.6 Å². The van der Waals surface area contributed by atoms with Crippen LogP contribution in [0.15, 0.2) is 4.42 Å². The summed E-state index contributed by atoms with van der Waals surface area (Å²) in [6, 6.07) is 0. The van der Waals surface area contributed by atoms with Gasteiger partial charge in [0.2, 0.25) is 5.89 Å². The van der Waals surface area contributed by atoms with Crippen molar-refractivity contribution in [2.45, 2.75) is 13.1 Å². The highest BCUT2D eigenvalue weighted by Crippen LogP contribution is 2.27. The van der Waals surface area contributed by atoms with E-state index in [0.717, 1.165) is 0 Å². The standard InChI is InChI=1S/C4H3F3N2O/c1-2-8-9-3(10-2)4(5,6)7/h1H3. The summed E-state index contributed by atoms with van der Waals surface area (Å²) in [5, 5.41) is 5.79. The third-order valence-electron chi connectivity index (χ3n) is 0.769. The Morgan fingerprint density at radius 2 is 1.90 bits per heavy atom. The van der Waals surface area contributed by atoms with E-state index in [1.165, 1.54) is 6.92 Å². The first-order valence-corrected chi connectivity index (χ1v) is 2.37. The van der Waals surface area contributed by atoms with Gasteiger partial charge in [0.25, 0.3) is 0 Å². The second-order valence-electron chi connectivity index (χ2n) is 1.62. The Morgan fingerprint density at radius 1 is 1.30 bits per heavy atom. The largest absolute Gasteiger partial charge is 0.470 e. The summed E-state index contributed by atoms with van der Waals surface area (Å²) < 4.78 is 38.9. The molecule has 0 atom stereocenters. The van der Waals surface area contributed by atoms with Crippen LogP contribution in [0.2, 0.25) is 0 Å². The van der Waals surface area contributed by atoms with Gasteiger partial charge in [0.1, 0.15) is 0 Å². The maximum absolute atomic E-state index is 11.6. The van der Waals surface area contributed by atoms with Crippen LogP contribution in [0.4, 0.5) is 13.2 Å². The molecule has 0 aliphatic carbocycles. The molecular weight excluding hydrogens is 149 g/mol. The van der Waals surface area contributed by atoms with E-state index in [-0.39, 0.29) is 5.89 Å². The molecule has 0 aliphatic rings. The Balaban J connectivity index is 2.96. The molecule has 0 aliphatic heterocycles. The molecule has 1 aromatic heterocycles. The minimum atomic E-state index is -4.53. The molecule has 56 valence electrons. The van der Waals surface area contributed by atoms with E-state index in [4.69, 9.17) is 0 Å². The molecule has 0 saturated heterocycles. The molecule has 0 radical (unpaired) electrons. The molecule has 0 amide bonds. The number of halogens is 3. The fourth-order valence-electron chi connectivity index (χ4n) is 0.411. The number of alkyl halides is 3. The lowest BCUT2D eigenvalue weighted by Gasteiger charge is -1.95. The normalized spacial score (nSPS) is 12.0. The summed E-state index contributed by atoms with van der Waals surface area (Å²) in [5.74, 6) is -1.39. The molecule has 0 N–H and O–H groups in total. The Bertz CT molecular complexity index is 229. The van der Waals surface area contributed by atoms with Gasteiger partial charge in [0.05, 0.1) is 0 Å². The molecule has 0 unspecified atom stereocenters. The maximum Gasteiger partial charge on any atom is 0.470 e. The zero-order valence-corrected chi connectivity index (χ0v) is 4.94. The van der Waals surface area contributed by atoms with Crippen LogP contribution in [0.5, 0.6) is 0 Å². The molecule has 1 rings (SSSR count). The van der Waals surface area contributed by atoms with E-state index >= 15 is 0 Å².